The third-order valence-corrected chi connectivity index (χ3v) is 3.51. The molecule has 0 fully saturated rings. The van der Waals surface area contributed by atoms with Gasteiger partial charge in [0.2, 0.25) is 0 Å². The first-order valence-corrected chi connectivity index (χ1v) is 7.06. The lowest BCUT2D eigenvalue weighted by molar-refractivity contribution is -0.139. The van der Waals surface area contributed by atoms with Crippen LogP contribution in [0, 0.1) is 0 Å². The molecule has 2 aromatic rings. The first-order chi connectivity index (χ1) is 9.99. The van der Waals surface area contributed by atoms with Crippen LogP contribution in [0.1, 0.15) is 22.0 Å². The van der Waals surface area contributed by atoms with E-state index in [2.05, 4.69) is 26.2 Å². The maximum absolute atomic E-state index is 12.1. The number of carbonyl (C=O) groups excluding carboxylic acids is 1. The molecule has 1 heterocycles. The molecule has 1 aromatic heterocycles. The van der Waals surface area contributed by atoms with Crippen molar-refractivity contribution < 1.29 is 14.7 Å². The van der Waals surface area contributed by atoms with Gasteiger partial charge in [-0.15, -0.1) is 0 Å². The summed E-state index contributed by atoms with van der Waals surface area (Å²) in [4.78, 5) is 27.4. The molecule has 1 amide bonds. The highest BCUT2D eigenvalue weighted by atomic mass is 79.9. The Bertz CT molecular complexity index is 693. The van der Waals surface area contributed by atoms with Crippen LogP contribution in [-0.4, -0.2) is 22.0 Å². The third-order valence-electron chi connectivity index (χ3n) is 2.73. The lowest BCUT2D eigenvalue weighted by Gasteiger charge is -2.16. The summed E-state index contributed by atoms with van der Waals surface area (Å²) < 4.78 is 0.486. The number of carboxylic acids is 1. The van der Waals surface area contributed by atoms with Crippen LogP contribution in [0.4, 0.5) is 0 Å². The first kappa shape index (κ1) is 15.5. The van der Waals surface area contributed by atoms with Gasteiger partial charge in [0.25, 0.3) is 5.91 Å². The first-order valence-electron chi connectivity index (χ1n) is 5.88. The number of nitrogens with zero attached hydrogens (tertiary/aromatic N) is 1. The zero-order chi connectivity index (χ0) is 15.4. The molecule has 0 bridgehead atoms. The van der Waals surface area contributed by atoms with E-state index < -0.39 is 17.9 Å². The van der Waals surface area contributed by atoms with Crippen LogP contribution in [0.25, 0.3) is 0 Å². The van der Waals surface area contributed by atoms with E-state index in [1.807, 2.05) is 0 Å². The molecule has 0 aliphatic carbocycles. The van der Waals surface area contributed by atoms with Gasteiger partial charge < -0.3 is 10.4 Å². The summed E-state index contributed by atoms with van der Waals surface area (Å²) in [5, 5.41) is 12.0. The Morgan fingerprint density at radius 2 is 2.00 bits per heavy atom. The number of aromatic nitrogens is 1. The van der Waals surface area contributed by atoms with Crippen molar-refractivity contribution >= 4 is 39.4 Å². The van der Waals surface area contributed by atoms with E-state index in [0.29, 0.717) is 15.7 Å². The molecule has 1 aromatic carbocycles. The smallest absolute Gasteiger partial charge is 0.330 e. The predicted octanol–water partition coefficient (Wildman–Crippen LogP) is 3.05. The molecule has 7 heteroatoms. The summed E-state index contributed by atoms with van der Waals surface area (Å²) in [6, 6.07) is 8.25. The van der Waals surface area contributed by atoms with Crippen LogP contribution < -0.4 is 5.32 Å². The van der Waals surface area contributed by atoms with Gasteiger partial charge in [0.1, 0.15) is 4.60 Å². The minimum absolute atomic E-state index is 0.279. The fourth-order valence-electron chi connectivity index (χ4n) is 1.74. The number of halogens is 2. The number of carboxylic acid groups (broad SMARTS) is 1. The third kappa shape index (κ3) is 3.80. The Morgan fingerprint density at radius 1 is 1.29 bits per heavy atom. The Balaban J connectivity index is 2.27. The SMILES string of the molecule is O=C(N[C@@H](C(=O)O)c1ccccc1Cl)c1ccnc(Br)c1. The highest BCUT2D eigenvalue weighted by Gasteiger charge is 2.24. The van der Waals surface area contributed by atoms with E-state index in [0.717, 1.165) is 0 Å². The van der Waals surface area contributed by atoms with Crippen LogP contribution in [-0.2, 0) is 4.79 Å². The molecule has 0 aliphatic rings. The molecular weight excluding hydrogens is 360 g/mol. The fraction of sp³-hybridized carbons (Fsp3) is 0.0714. The maximum Gasteiger partial charge on any atom is 0.330 e. The average molecular weight is 370 g/mol. The molecule has 2 N–H and O–H groups in total. The summed E-state index contributed by atoms with van der Waals surface area (Å²) in [6.07, 6.45) is 1.45. The number of amides is 1. The zero-order valence-corrected chi connectivity index (χ0v) is 12.9. The van der Waals surface area contributed by atoms with E-state index in [-0.39, 0.29) is 5.02 Å². The number of pyridine rings is 1. The number of nitrogens with one attached hydrogen (secondary N) is 1. The largest absolute Gasteiger partial charge is 0.479 e. The molecule has 1 atom stereocenters. The van der Waals surface area contributed by atoms with E-state index in [1.54, 1.807) is 24.3 Å². The number of hydrogen-bond acceptors (Lipinski definition) is 3. The molecule has 0 unspecified atom stereocenters. The quantitative estimate of drug-likeness (QED) is 0.812. The standard InChI is InChI=1S/C14H10BrClN2O3/c15-11-7-8(5-6-17-11)13(19)18-12(14(20)21)9-3-1-2-4-10(9)16/h1-7,12H,(H,18,19)(H,20,21)/t12-/m1/s1. The number of hydrogen-bond donors (Lipinski definition) is 2. The lowest BCUT2D eigenvalue weighted by atomic mass is 10.1. The second kappa shape index (κ2) is 6.69. The Kier molecular flexibility index (Phi) is 4.93. The Labute approximate surface area is 134 Å². The molecule has 21 heavy (non-hydrogen) atoms. The molecule has 0 spiro atoms. The monoisotopic (exact) mass is 368 g/mol. The summed E-state index contributed by atoms with van der Waals surface area (Å²) >= 11 is 9.14. The van der Waals surface area contributed by atoms with Crippen LogP contribution in [0.3, 0.4) is 0 Å². The summed E-state index contributed by atoms with van der Waals surface area (Å²) in [5.41, 5.74) is 0.628. The topological polar surface area (TPSA) is 79.3 Å². The normalized spacial score (nSPS) is 11.7. The van der Waals surface area contributed by atoms with Gasteiger partial charge in [-0.3, -0.25) is 4.79 Å². The van der Waals surface area contributed by atoms with Gasteiger partial charge >= 0.3 is 5.97 Å². The highest BCUT2D eigenvalue weighted by molar-refractivity contribution is 9.10. The Hall–Kier alpha value is -1.92. The van der Waals surface area contributed by atoms with Crippen molar-refractivity contribution in [3.63, 3.8) is 0 Å². The number of benzene rings is 1. The van der Waals surface area contributed by atoms with Crippen molar-refractivity contribution in [2.75, 3.05) is 0 Å². The molecule has 2 rings (SSSR count). The molecule has 108 valence electrons. The van der Waals surface area contributed by atoms with Crippen molar-refractivity contribution in [3.8, 4) is 0 Å². The van der Waals surface area contributed by atoms with Gasteiger partial charge in [0, 0.05) is 22.3 Å². The number of rotatable bonds is 4. The van der Waals surface area contributed by atoms with Crippen LogP contribution >= 0.6 is 27.5 Å². The second-order valence-electron chi connectivity index (χ2n) is 4.13. The van der Waals surface area contributed by atoms with E-state index >= 15 is 0 Å². The van der Waals surface area contributed by atoms with Crippen molar-refractivity contribution in [3.05, 3.63) is 63.3 Å². The molecule has 5 nitrogen and oxygen atoms in total. The van der Waals surface area contributed by atoms with Gasteiger partial charge in [-0.1, -0.05) is 29.8 Å². The van der Waals surface area contributed by atoms with Gasteiger partial charge in [0.15, 0.2) is 6.04 Å². The van der Waals surface area contributed by atoms with Crippen LogP contribution in [0.5, 0.6) is 0 Å². The summed E-state index contributed by atoms with van der Waals surface area (Å²) in [6.45, 7) is 0. The lowest BCUT2D eigenvalue weighted by Crippen LogP contribution is -2.34. The summed E-state index contributed by atoms with van der Waals surface area (Å²) in [7, 11) is 0. The van der Waals surface area contributed by atoms with Gasteiger partial charge in [-0.25, -0.2) is 9.78 Å². The Morgan fingerprint density at radius 3 is 2.62 bits per heavy atom. The number of carbonyl (C=O) groups is 2. The van der Waals surface area contributed by atoms with Crippen molar-refractivity contribution in [2.24, 2.45) is 0 Å². The van der Waals surface area contributed by atoms with Gasteiger partial charge in [-0.2, -0.15) is 0 Å². The van der Waals surface area contributed by atoms with E-state index in [4.69, 9.17) is 11.6 Å². The highest BCUT2D eigenvalue weighted by Crippen LogP contribution is 2.23. The molecular formula is C14H10BrClN2O3. The predicted molar refractivity (Wildman–Crippen MR) is 81.2 cm³/mol. The average Bonchev–Trinajstić information content (AvgIpc) is 2.45. The molecule has 0 saturated carbocycles. The van der Waals surface area contributed by atoms with Crippen molar-refractivity contribution in [1.82, 2.24) is 10.3 Å². The molecule has 0 radical (unpaired) electrons. The van der Waals surface area contributed by atoms with Crippen LogP contribution in [0.15, 0.2) is 47.2 Å². The zero-order valence-electron chi connectivity index (χ0n) is 10.6. The maximum atomic E-state index is 12.1. The van der Waals surface area contributed by atoms with Crippen LogP contribution in [0.2, 0.25) is 5.02 Å². The van der Waals surface area contributed by atoms with E-state index in [9.17, 15) is 14.7 Å². The van der Waals surface area contributed by atoms with Crippen molar-refractivity contribution in [2.45, 2.75) is 6.04 Å². The number of aliphatic carboxylic acids is 1. The molecule has 0 saturated heterocycles. The minimum Gasteiger partial charge on any atom is -0.479 e. The van der Waals surface area contributed by atoms with Gasteiger partial charge in [-0.05, 0) is 34.1 Å². The molecule has 0 aliphatic heterocycles. The summed E-state index contributed by atoms with van der Waals surface area (Å²) in [5.74, 6) is -1.71. The van der Waals surface area contributed by atoms with Gasteiger partial charge in [0.05, 0.1) is 0 Å². The fourth-order valence-corrected chi connectivity index (χ4v) is 2.35. The van der Waals surface area contributed by atoms with E-state index in [1.165, 1.54) is 18.3 Å². The second-order valence-corrected chi connectivity index (χ2v) is 5.35. The van der Waals surface area contributed by atoms with Crippen molar-refractivity contribution in [1.29, 1.82) is 0 Å². The minimum atomic E-state index is -1.22.